The van der Waals surface area contributed by atoms with E-state index in [9.17, 15) is 4.79 Å². The molecule has 1 fully saturated rings. The van der Waals surface area contributed by atoms with E-state index in [2.05, 4.69) is 17.9 Å². The average Bonchev–Trinajstić information content (AvgIpc) is 2.36. The maximum Gasteiger partial charge on any atom is 0.164 e. The molecular weight excluding hydrogens is 238 g/mol. The predicted octanol–water partition coefficient (Wildman–Crippen LogP) is 2.60. The standard InChI is InChI=1S/C16H23NO2/c1-12-8-13(2)10-15(9-12)16(18)4-5-17-6-7-19-11-14(17)3/h8-10,14H,4-7,11H2,1-3H3. The van der Waals surface area contributed by atoms with Gasteiger partial charge in [0.15, 0.2) is 5.78 Å². The molecule has 0 saturated carbocycles. The topological polar surface area (TPSA) is 29.5 Å². The van der Waals surface area contributed by atoms with E-state index in [0.717, 1.165) is 43.0 Å². The number of ketones is 1. The van der Waals surface area contributed by atoms with Crippen LogP contribution in [0.5, 0.6) is 0 Å². The zero-order valence-electron chi connectivity index (χ0n) is 12.1. The molecule has 0 N–H and O–H groups in total. The van der Waals surface area contributed by atoms with Crippen LogP contribution in [0.2, 0.25) is 0 Å². The van der Waals surface area contributed by atoms with Gasteiger partial charge in [0, 0.05) is 31.1 Å². The Balaban J connectivity index is 1.93. The van der Waals surface area contributed by atoms with Crippen LogP contribution in [0.25, 0.3) is 0 Å². The second-order valence-corrected chi connectivity index (χ2v) is 5.51. The summed E-state index contributed by atoms with van der Waals surface area (Å²) in [4.78, 5) is 14.6. The molecule has 1 heterocycles. The van der Waals surface area contributed by atoms with Crippen molar-refractivity contribution in [3.63, 3.8) is 0 Å². The lowest BCUT2D eigenvalue weighted by Gasteiger charge is -2.32. The van der Waals surface area contributed by atoms with Crippen LogP contribution in [-0.2, 0) is 4.74 Å². The van der Waals surface area contributed by atoms with E-state index in [1.165, 1.54) is 0 Å². The largest absolute Gasteiger partial charge is 0.379 e. The number of benzene rings is 1. The van der Waals surface area contributed by atoms with Crippen molar-refractivity contribution in [3.8, 4) is 0 Å². The Hall–Kier alpha value is -1.19. The van der Waals surface area contributed by atoms with Gasteiger partial charge in [-0.15, -0.1) is 0 Å². The van der Waals surface area contributed by atoms with Crippen molar-refractivity contribution in [3.05, 3.63) is 34.9 Å². The van der Waals surface area contributed by atoms with Gasteiger partial charge >= 0.3 is 0 Å². The third kappa shape index (κ3) is 3.88. The Morgan fingerprint density at radius 2 is 2.00 bits per heavy atom. The molecule has 1 saturated heterocycles. The van der Waals surface area contributed by atoms with Gasteiger partial charge in [-0.25, -0.2) is 0 Å². The van der Waals surface area contributed by atoms with Crippen molar-refractivity contribution in [2.24, 2.45) is 0 Å². The highest BCUT2D eigenvalue weighted by Crippen LogP contribution is 2.13. The molecule has 0 aliphatic carbocycles. The van der Waals surface area contributed by atoms with Gasteiger partial charge in [-0.05, 0) is 32.9 Å². The third-order valence-electron chi connectivity index (χ3n) is 3.67. The van der Waals surface area contributed by atoms with Crippen LogP contribution in [0, 0.1) is 13.8 Å². The van der Waals surface area contributed by atoms with Gasteiger partial charge in [-0.3, -0.25) is 9.69 Å². The van der Waals surface area contributed by atoms with Gasteiger partial charge in [-0.2, -0.15) is 0 Å². The molecule has 0 amide bonds. The van der Waals surface area contributed by atoms with Gasteiger partial charge in [0.05, 0.1) is 13.2 Å². The van der Waals surface area contributed by atoms with Crippen LogP contribution in [0.1, 0.15) is 34.8 Å². The molecule has 3 nitrogen and oxygen atoms in total. The molecule has 2 rings (SSSR count). The Morgan fingerprint density at radius 1 is 1.32 bits per heavy atom. The molecule has 1 aliphatic heterocycles. The van der Waals surface area contributed by atoms with Gasteiger partial charge in [0.25, 0.3) is 0 Å². The van der Waals surface area contributed by atoms with Crippen molar-refractivity contribution >= 4 is 5.78 Å². The van der Waals surface area contributed by atoms with Gasteiger partial charge in [0.2, 0.25) is 0 Å². The summed E-state index contributed by atoms with van der Waals surface area (Å²) in [6, 6.07) is 6.48. The maximum atomic E-state index is 12.2. The van der Waals surface area contributed by atoms with Crippen molar-refractivity contribution in [1.82, 2.24) is 4.90 Å². The van der Waals surface area contributed by atoms with E-state index in [-0.39, 0.29) is 5.78 Å². The van der Waals surface area contributed by atoms with Crippen LogP contribution in [0.3, 0.4) is 0 Å². The van der Waals surface area contributed by atoms with Gasteiger partial charge < -0.3 is 4.74 Å². The molecule has 19 heavy (non-hydrogen) atoms. The molecule has 1 aromatic carbocycles. The Morgan fingerprint density at radius 3 is 2.63 bits per heavy atom. The van der Waals surface area contributed by atoms with Gasteiger partial charge in [-0.1, -0.05) is 17.2 Å². The molecule has 1 aliphatic rings. The van der Waals surface area contributed by atoms with E-state index in [4.69, 9.17) is 4.74 Å². The lowest BCUT2D eigenvalue weighted by molar-refractivity contribution is -0.000208. The minimum atomic E-state index is 0.241. The second kappa shape index (κ2) is 6.31. The normalized spacial score (nSPS) is 20.5. The summed E-state index contributed by atoms with van der Waals surface area (Å²) in [6.07, 6.45) is 0.591. The van der Waals surface area contributed by atoms with Crippen LogP contribution < -0.4 is 0 Å². The Kier molecular flexibility index (Phi) is 4.72. The first-order valence-electron chi connectivity index (χ1n) is 6.99. The third-order valence-corrected chi connectivity index (χ3v) is 3.67. The fraction of sp³-hybridized carbons (Fsp3) is 0.562. The van der Waals surface area contributed by atoms with Crippen molar-refractivity contribution in [2.75, 3.05) is 26.3 Å². The fourth-order valence-electron chi connectivity index (χ4n) is 2.62. The number of nitrogens with zero attached hydrogens (tertiary/aromatic N) is 1. The number of Topliss-reactive ketones (excluding diaryl/α,β-unsaturated/α-hetero) is 1. The van der Waals surface area contributed by atoms with Crippen molar-refractivity contribution < 1.29 is 9.53 Å². The number of ether oxygens (including phenoxy) is 1. The quantitative estimate of drug-likeness (QED) is 0.780. The first-order chi connectivity index (χ1) is 9.06. The molecule has 1 unspecified atom stereocenters. The van der Waals surface area contributed by atoms with Gasteiger partial charge in [0.1, 0.15) is 0 Å². The van der Waals surface area contributed by atoms with Crippen molar-refractivity contribution in [1.29, 1.82) is 0 Å². The number of aryl methyl sites for hydroxylation is 2. The smallest absolute Gasteiger partial charge is 0.164 e. The summed E-state index contributed by atoms with van der Waals surface area (Å²) in [5.41, 5.74) is 3.16. The summed E-state index contributed by atoms with van der Waals surface area (Å²) in [5.74, 6) is 0.241. The highest BCUT2D eigenvalue weighted by atomic mass is 16.5. The first-order valence-corrected chi connectivity index (χ1v) is 6.99. The molecule has 1 aromatic rings. The van der Waals surface area contributed by atoms with Crippen molar-refractivity contribution in [2.45, 2.75) is 33.2 Å². The highest BCUT2D eigenvalue weighted by molar-refractivity contribution is 5.96. The zero-order valence-corrected chi connectivity index (χ0v) is 12.1. The summed E-state index contributed by atoms with van der Waals surface area (Å²) in [6.45, 7) is 9.54. The molecule has 104 valence electrons. The molecule has 3 heteroatoms. The van der Waals surface area contributed by atoms with E-state index in [1.807, 2.05) is 26.0 Å². The summed E-state index contributed by atoms with van der Waals surface area (Å²) >= 11 is 0. The Labute approximate surface area is 115 Å². The second-order valence-electron chi connectivity index (χ2n) is 5.51. The Bertz CT molecular complexity index is 436. The number of hydrogen-bond donors (Lipinski definition) is 0. The summed E-state index contributed by atoms with van der Waals surface area (Å²) in [7, 11) is 0. The molecular formula is C16H23NO2. The number of carbonyl (C=O) groups is 1. The lowest BCUT2D eigenvalue weighted by Crippen LogP contribution is -2.44. The van der Waals surface area contributed by atoms with Crippen LogP contribution in [-0.4, -0.2) is 43.0 Å². The monoisotopic (exact) mass is 261 g/mol. The molecule has 0 aromatic heterocycles. The number of morpholine rings is 1. The predicted molar refractivity (Wildman–Crippen MR) is 76.7 cm³/mol. The van der Waals surface area contributed by atoms with E-state index < -0.39 is 0 Å². The van der Waals surface area contributed by atoms with Crippen LogP contribution >= 0.6 is 0 Å². The lowest BCUT2D eigenvalue weighted by atomic mass is 10.0. The minimum Gasteiger partial charge on any atom is -0.379 e. The van der Waals surface area contributed by atoms with E-state index >= 15 is 0 Å². The van der Waals surface area contributed by atoms with E-state index in [0.29, 0.717) is 12.5 Å². The molecule has 0 spiro atoms. The fourth-order valence-corrected chi connectivity index (χ4v) is 2.62. The highest BCUT2D eigenvalue weighted by Gasteiger charge is 2.19. The summed E-state index contributed by atoms with van der Waals surface area (Å²) < 4.78 is 5.41. The summed E-state index contributed by atoms with van der Waals surface area (Å²) in [5, 5.41) is 0. The van der Waals surface area contributed by atoms with E-state index in [1.54, 1.807) is 0 Å². The molecule has 1 atom stereocenters. The minimum absolute atomic E-state index is 0.241. The number of rotatable bonds is 4. The molecule has 0 bridgehead atoms. The maximum absolute atomic E-state index is 12.2. The SMILES string of the molecule is Cc1cc(C)cc(C(=O)CCN2CCOCC2C)c1. The first kappa shape index (κ1) is 14.2. The average molecular weight is 261 g/mol. The van der Waals surface area contributed by atoms with Crippen LogP contribution in [0.4, 0.5) is 0 Å². The molecule has 0 radical (unpaired) electrons. The number of hydrogen-bond acceptors (Lipinski definition) is 3. The zero-order chi connectivity index (χ0) is 13.8. The number of carbonyl (C=O) groups excluding carboxylic acids is 1. The van der Waals surface area contributed by atoms with Crippen LogP contribution in [0.15, 0.2) is 18.2 Å².